The maximum Gasteiger partial charge on any atom is 0.238 e. The van der Waals surface area contributed by atoms with Crippen molar-refractivity contribution in [3.8, 4) is 5.88 Å². The molecule has 0 aliphatic heterocycles. The van der Waals surface area contributed by atoms with Gasteiger partial charge in [0.2, 0.25) is 11.0 Å². The standard InChI is InChI=1S/C11H16N6OS/c1-11(2,3)18-9-7(12)5-6-8(13-9)19-10-14-15-16-17(10)4/h5-6H,12H2,1-4H3. The van der Waals surface area contributed by atoms with Crippen molar-refractivity contribution in [3.05, 3.63) is 12.1 Å². The first-order valence-electron chi connectivity index (χ1n) is 5.71. The average molecular weight is 280 g/mol. The minimum Gasteiger partial charge on any atom is -0.470 e. The van der Waals surface area contributed by atoms with Crippen molar-refractivity contribution >= 4 is 17.4 Å². The fraction of sp³-hybridized carbons (Fsp3) is 0.455. The van der Waals surface area contributed by atoms with Gasteiger partial charge in [-0.1, -0.05) is 0 Å². The average Bonchev–Trinajstić information content (AvgIpc) is 2.67. The lowest BCUT2D eigenvalue weighted by atomic mass is 10.2. The Morgan fingerprint density at radius 1 is 1.32 bits per heavy atom. The predicted molar refractivity (Wildman–Crippen MR) is 72.0 cm³/mol. The molecule has 0 aliphatic carbocycles. The number of hydrogen-bond acceptors (Lipinski definition) is 7. The molecule has 0 atom stereocenters. The molecular weight excluding hydrogens is 264 g/mol. The van der Waals surface area contributed by atoms with Gasteiger partial charge in [0, 0.05) is 7.05 Å². The lowest BCUT2D eigenvalue weighted by molar-refractivity contribution is 0.124. The summed E-state index contributed by atoms with van der Waals surface area (Å²) in [5, 5.41) is 12.6. The second-order valence-corrected chi connectivity index (χ2v) is 5.93. The number of aryl methyl sites for hydroxylation is 1. The summed E-state index contributed by atoms with van der Waals surface area (Å²) in [5.74, 6) is 0.424. The molecule has 0 fully saturated rings. The smallest absolute Gasteiger partial charge is 0.238 e. The number of nitrogens with two attached hydrogens (primary N) is 1. The van der Waals surface area contributed by atoms with Crippen molar-refractivity contribution in [1.29, 1.82) is 0 Å². The second kappa shape index (κ2) is 5.04. The molecule has 8 heteroatoms. The fourth-order valence-corrected chi connectivity index (χ4v) is 1.96. The summed E-state index contributed by atoms with van der Waals surface area (Å²) in [4.78, 5) is 4.38. The molecule has 2 rings (SSSR count). The first-order chi connectivity index (χ1) is 8.85. The Hall–Kier alpha value is -1.83. The number of nitrogens with zero attached hydrogens (tertiary/aromatic N) is 5. The minimum absolute atomic E-state index is 0.350. The maximum absolute atomic E-state index is 5.86. The van der Waals surface area contributed by atoms with Gasteiger partial charge >= 0.3 is 0 Å². The Labute approximate surface area is 115 Å². The number of tetrazole rings is 1. The van der Waals surface area contributed by atoms with E-state index in [1.807, 2.05) is 26.8 Å². The number of nitrogen functional groups attached to an aromatic ring is 1. The van der Waals surface area contributed by atoms with Gasteiger partial charge < -0.3 is 10.5 Å². The number of hydrogen-bond donors (Lipinski definition) is 1. The van der Waals surface area contributed by atoms with Crippen LogP contribution in [0.4, 0.5) is 5.69 Å². The Bertz CT molecular complexity index is 577. The van der Waals surface area contributed by atoms with Gasteiger partial charge in [0.15, 0.2) is 0 Å². The maximum atomic E-state index is 5.86. The van der Waals surface area contributed by atoms with E-state index in [1.165, 1.54) is 11.8 Å². The van der Waals surface area contributed by atoms with E-state index >= 15 is 0 Å². The number of pyridine rings is 1. The predicted octanol–water partition coefficient (Wildman–Crippen LogP) is 1.52. The van der Waals surface area contributed by atoms with Gasteiger partial charge in [0.25, 0.3) is 0 Å². The zero-order valence-corrected chi connectivity index (χ0v) is 12.1. The van der Waals surface area contributed by atoms with Crippen LogP contribution in [0.3, 0.4) is 0 Å². The van der Waals surface area contributed by atoms with Crippen LogP contribution in [0, 0.1) is 0 Å². The molecule has 19 heavy (non-hydrogen) atoms. The lowest BCUT2D eigenvalue weighted by Gasteiger charge is -2.21. The zero-order valence-electron chi connectivity index (χ0n) is 11.3. The summed E-state index contributed by atoms with van der Waals surface area (Å²) in [6.45, 7) is 5.83. The largest absolute Gasteiger partial charge is 0.470 e. The van der Waals surface area contributed by atoms with Crippen molar-refractivity contribution in [1.82, 2.24) is 25.2 Å². The first kappa shape index (κ1) is 13.6. The van der Waals surface area contributed by atoms with Crippen LogP contribution in [-0.4, -0.2) is 30.8 Å². The topological polar surface area (TPSA) is 91.7 Å². The van der Waals surface area contributed by atoms with Gasteiger partial charge in [-0.3, -0.25) is 0 Å². The number of rotatable bonds is 3. The lowest BCUT2D eigenvalue weighted by Crippen LogP contribution is -2.24. The molecule has 0 aromatic carbocycles. The normalized spacial score (nSPS) is 11.6. The van der Waals surface area contributed by atoms with E-state index in [9.17, 15) is 0 Å². The van der Waals surface area contributed by atoms with E-state index in [1.54, 1.807) is 17.8 Å². The molecule has 2 N–H and O–H groups in total. The Morgan fingerprint density at radius 2 is 2.05 bits per heavy atom. The molecule has 0 unspecified atom stereocenters. The minimum atomic E-state index is -0.350. The highest BCUT2D eigenvalue weighted by Gasteiger charge is 2.16. The molecule has 2 aromatic heterocycles. The number of anilines is 1. The van der Waals surface area contributed by atoms with Crippen LogP contribution in [0.15, 0.2) is 22.3 Å². The van der Waals surface area contributed by atoms with E-state index in [0.717, 1.165) is 5.03 Å². The van der Waals surface area contributed by atoms with E-state index in [4.69, 9.17) is 10.5 Å². The third-order valence-corrected chi connectivity index (χ3v) is 3.01. The zero-order chi connectivity index (χ0) is 14.0. The van der Waals surface area contributed by atoms with Crippen LogP contribution in [0.2, 0.25) is 0 Å². The van der Waals surface area contributed by atoms with Gasteiger partial charge in [0.05, 0.1) is 5.69 Å². The SMILES string of the molecule is Cn1nnnc1Sc1ccc(N)c(OC(C)(C)C)n1. The van der Waals surface area contributed by atoms with Crippen molar-refractivity contribution in [2.45, 2.75) is 36.6 Å². The highest BCUT2D eigenvalue weighted by atomic mass is 32.2. The first-order valence-corrected chi connectivity index (χ1v) is 6.52. The Kier molecular flexibility index (Phi) is 3.61. The molecule has 0 spiro atoms. The third-order valence-electron chi connectivity index (χ3n) is 2.04. The van der Waals surface area contributed by atoms with Crippen molar-refractivity contribution in [2.24, 2.45) is 7.05 Å². The molecule has 0 aliphatic rings. The molecule has 2 heterocycles. The van der Waals surface area contributed by atoms with Crippen LogP contribution >= 0.6 is 11.8 Å². The summed E-state index contributed by atoms with van der Waals surface area (Å²) in [7, 11) is 1.77. The highest BCUT2D eigenvalue weighted by molar-refractivity contribution is 7.99. The number of aromatic nitrogens is 5. The molecule has 0 saturated heterocycles. The number of ether oxygens (including phenoxy) is 1. The third kappa shape index (κ3) is 3.57. The summed E-state index contributed by atoms with van der Waals surface area (Å²) in [6, 6.07) is 3.57. The van der Waals surface area contributed by atoms with Gasteiger partial charge in [-0.15, -0.1) is 5.10 Å². The van der Waals surface area contributed by atoms with E-state index in [2.05, 4.69) is 20.5 Å². The second-order valence-electron chi connectivity index (χ2n) is 4.95. The summed E-state index contributed by atoms with van der Waals surface area (Å²) >= 11 is 1.35. The molecule has 0 saturated carbocycles. The van der Waals surface area contributed by atoms with Crippen LogP contribution < -0.4 is 10.5 Å². The molecule has 0 bridgehead atoms. The van der Waals surface area contributed by atoms with Gasteiger partial charge in [0.1, 0.15) is 10.6 Å². The van der Waals surface area contributed by atoms with Crippen LogP contribution in [0.25, 0.3) is 0 Å². The van der Waals surface area contributed by atoms with Gasteiger partial charge in [-0.05, 0) is 55.1 Å². The van der Waals surface area contributed by atoms with E-state index in [0.29, 0.717) is 16.7 Å². The van der Waals surface area contributed by atoms with Crippen molar-refractivity contribution < 1.29 is 4.74 Å². The molecule has 0 radical (unpaired) electrons. The van der Waals surface area contributed by atoms with Gasteiger partial charge in [-0.2, -0.15) is 0 Å². The van der Waals surface area contributed by atoms with Crippen LogP contribution in [0.5, 0.6) is 5.88 Å². The quantitative estimate of drug-likeness (QED) is 0.911. The van der Waals surface area contributed by atoms with Crippen LogP contribution in [0.1, 0.15) is 20.8 Å². The molecule has 0 amide bonds. The Morgan fingerprint density at radius 3 is 2.63 bits per heavy atom. The van der Waals surface area contributed by atoms with E-state index < -0.39 is 0 Å². The monoisotopic (exact) mass is 280 g/mol. The summed E-state index contributed by atoms with van der Waals surface area (Å²) < 4.78 is 7.29. The van der Waals surface area contributed by atoms with Crippen molar-refractivity contribution in [3.63, 3.8) is 0 Å². The van der Waals surface area contributed by atoms with Crippen LogP contribution in [-0.2, 0) is 7.05 Å². The fourth-order valence-electron chi connectivity index (χ4n) is 1.26. The van der Waals surface area contributed by atoms with E-state index in [-0.39, 0.29) is 5.60 Å². The molecule has 102 valence electrons. The highest BCUT2D eigenvalue weighted by Crippen LogP contribution is 2.29. The van der Waals surface area contributed by atoms with Crippen molar-refractivity contribution in [2.75, 3.05) is 5.73 Å². The Balaban J connectivity index is 2.24. The summed E-state index contributed by atoms with van der Waals surface area (Å²) in [6.07, 6.45) is 0. The molecule has 2 aromatic rings. The molecular formula is C11H16N6OS. The molecule has 7 nitrogen and oxygen atoms in total. The summed E-state index contributed by atoms with van der Waals surface area (Å²) in [5.41, 5.74) is 6.02. The van der Waals surface area contributed by atoms with Gasteiger partial charge in [-0.25, -0.2) is 9.67 Å².